The lowest BCUT2D eigenvalue weighted by Crippen LogP contribution is -2.08. The maximum Gasteiger partial charge on any atom is 0.339 e. The highest BCUT2D eigenvalue weighted by atomic mass is 79.9. The van der Waals surface area contributed by atoms with Crippen molar-refractivity contribution < 1.29 is 14.6 Å². The van der Waals surface area contributed by atoms with Crippen LogP contribution < -0.4 is 4.74 Å². The maximum absolute atomic E-state index is 11.0. The maximum atomic E-state index is 11.0. The number of rotatable bonds is 4. The summed E-state index contributed by atoms with van der Waals surface area (Å²) in [6, 6.07) is 5.61. The fraction of sp³-hybridized carbons (Fsp3) is 0.231. The Morgan fingerprint density at radius 3 is 2.89 bits per heavy atom. The molecule has 0 fully saturated rings. The Kier molecular flexibility index (Phi) is 3.90. The van der Waals surface area contributed by atoms with Gasteiger partial charge in [-0.2, -0.15) is 5.10 Å². The number of carbonyl (C=O) groups is 1. The van der Waals surface area contributed by atoms with Gasteiger partial charge in [0.15, 0.2) is 0 Å². The highest BCUT2D eigenvalue weighted by Crippen LogP contribution is 2.22. The summed E-state index contributed by atoms with van der Waals surface area (Å²) in [5.74, 6) is -0.308. The van der Waals surface area contributed by atoms with Crippen LogP contribution in [-0.2, 0) is 13.7 Å². The molecule has 0 aliphatic rings. The van der Waals surface area contributed by atoms with Crippen molar-refractivity contribution in [3.63, 3.8) is 0 Å². The lowest BCUT2D eigenvalue weighted by molar-refractivity contribution is 0.0693. The van der Waals surface area contributed by atoms with E-state index in [1.54, 1.807) is 7.05 Å². The Labute approximate surface area is 118 Å². The molecule has 0 aliphatic carbocycles. The second kappa shape index (κ2) is 5.44. The van der Waals surface area contributed by atoms with Gasteiger partial charge in [0.1, 0.15) is 17.9 Å². The van der Waals surface area contributed by atoms with Gasteiger partial charge in [0.05, 0.1) is 11.9 Å². The number of aromatic carboxylic acids is 1. The molecule has 1 N–H and O–H groups in total. The first-order valence-electron chi connectivity index (χ1n) is 5.62. The lowest BCUT2D eigenvalue weighted by Gasteiger charge is -2.09. The van der Waals surface area contributed by atoms with Crippen molar-refractivity contribution in [3.8, 4) is 5.75 Å². The van der Waals surface area contributed by atoms with E-state index in [0.29, 0.717) is 11.4 Å². The Morgan fingerprint density at radius 2 is 2.26 bits per heavy atom. The van der Waals surface area contributed by atoms with E-state index in [4.69, 9.17) is 9.84 Å². The van der Waals surface area contributed by atoms with Gasteiger partial charge in [-0.05, 0) is 30.7 Å². The van der Waals surface area contributed by atoms with Gasteiger partial charge in [-0.3, -0.25) is 4.68 Å². The molecular weight excluding hydrogens is 312 g/mol. The van der Waals surface area contributed by atoms with Crippen molar-refractivity contribution in [2.45, 2.75) is 13.5 Å². The van der Waals surface area contributed by atoms with Gasteiger partial charge in [-0.15, -0.1) is 0 Å². The molecule has 0 spiro atoms. The number of benzene rings is 1. The molecule has 1 aromatic carbocycles. The predicted molar refractivity (Wildman–Crippen MR) is 73.4 cm³/mol. The van der Waals surface area contributed by atoms with Crippen LogP contribution in [0.3, 0.4) is 0 Å². The van der Waals surface area contributed by atoms with Crippen LogP contribution in [0.5, 0.6) is 5.75 Å². The molecule has 2 rings (SSSR count). The van der Waals surface area contributed by atoms with Crippen molar-refractivity contribution in [2.24, 2.45) is 7.05 Å². The summed E-state index contributed by atoms with van der Waals surface area (Å²) in [5, 5.41) is 13.0. The molecule has 5 nitrogen and oxygen atoms in total. The molecule has 100 valence electrons. The molecule has 1 aromatic heterocycles. The Bertz CT molecular complexity index is 622. The van der Waals surface area contributed by atoms with E-state index < -0.39 is 5.97 Å². The van der Waals surface area contributed by atoms with Crippen molar-refractivity contribution in [2.75, 3.05) is 0 Å². The second-order valence-corrected chi connectivity index (χ2v) is 4.99. The van der Waals surface area contributed by atoms with Crippen molar-refractivity contribution >= 4 is 21.9 Å². The lowest BCUT2D eigenvalue weighted by atomic mass is 10.2. The summed E-state index contributed by atoms with van der Waals surface area (Å²) in [7, 11) is 1.69. The summed E-state index contributed by atoms with van der Waals surface area (Å²) in [6.45, 7) is 2.13. The zero-order valence-electron chi connectivity index (χ0n) is 10.6. The molecule has 0 radical (unpaired) electrons. The van der Waals surface area contributed by atoms with E-state index in [1.807, 2.05) is 25.1 Å². The number of nitrogens with zero attached hydrogens (tertiary/aromatic N) is 2. The SMILES string of the molecule is Cc1cc(OCc2c(C(=O)O)cnn2C)ccc1Br. The summed E-state index contributed by atoms with van der Waals surface area (Å²) < 4.78 is 8.13. The summed E-state index contributed by atoms with van der Waals surface area (Å²) in [5.41, 5.74) is 1.75. The number of halogens is 1. The van der Waals surface area contributed by atoms with Crippen molar-refractivity contribution in [3.05, 3.63) is 45.7 Å². The Morgan fingerprint density at radius 1 is 1.53 bits per heavy atom. The fourth-order valence-electron chi connectivity index (χ4n) is 1.67. The average molecular weight is 325 g/mol. The van der Waals surface area contributed by atoms with Crippen LogP contribution in [0.4, 0.5) is 0 Å². The molecule has 0 bridgehead atoms. The van der Waals surface area contributed by atoms with E-state index in [-0.39, 0.29) is 12.2 Å². The molecule has 2 aromatic rings. The largest absolute Gasteiger partial charge is 0.487 e. The van der Waals surface area contributed by atoms with Crippen molar-refractivity contribution in [1.29, 1.82) is 0 Å². The summed E-state index contributed by atoms with van der Waals surface area (Å²) >= 11 is 3.41. The van der Waals surface area contributed by atoms with Crippen LogP contribution >= 0.6 is 15.9 Å². The van der Waals surface area contributed by atoms with E-state index in [9.17, 15) is 4.79 Å². The zero-order chi connectivity index (χ0) is 14.0. The third-order valence-corrected chi connectivity index (χ3v) is 3.69. The first kappa shape index (κ1) is 13.6. The highest BCUT2D eigenvalue weighted by Gasteiger charge is 2.15. The third kappa shape index (κ3) is 2.96. The van der Waals surface area contributed by atoms with E-state index in [2.05, 4.69) is 21.0 Å². The van der Waals surface area contributed by atoms with Crippen LogP contribution in [0.2, 0.25) is 0 Å². The number of carboxylic acid groups (broad SMARTS) is 1. The van der Waals surface area contributed by atoms with Crippen LogP contribution in [0.25, 0.3) is 0 Å². The van der Waals surface area contributed by atoms with E-state index in [0.717, 1.165) is 10.0 Å². The summed E-state index contributed by atoms with van der Waals surface area (Å²) in [6.07, 6.45) is 1.33. The first-order valence-corrected chi connectivity index (χ1v) is 6.41. The van der Waals surface area contributed by atoms with E-state index >= 15 is 0 Å². The van der Waals surface area contributed by atoms with Crippen molar-refractivity contribution in [1.82, 2.24) is 9.78 Å². The van der Waals surface area contributed by atoms with Gasteiger partial charge in [-0.25, -0.2) is 4.79 Å². The van der Waals surface area contributed by atoms with Crippen LogP contribution in [0.15, 0.2) is 28.9 Å². The second-order valence-electron chi connectivity index (χ2n) is 4.13. The summed E-state index contributed by atoms with van der Waals surface area (Å²) in [4.78, 5) is 11.0. The van der Waals surface area contributed by atoms with Crippen LogP contribution in [0, 0.1) is 6.92 Å². The molecule has 0 atom stereocenters. The number of hydrogen-bond donors (Lipinski definition) is 1. The molecule has 1 heterocycles. The minimum absolute atomic E-state index is 0.163. The molecular formula is C13H13BrN2O3. The van der Waals surface area contributed by atoms with Crippen LogP contribution in [0.1, 0.15) is 21.6 Å². The van der Waals surface area contributed by atoms with Gasteiger partial charge in [0, 0.05) is 11.5 Å². The molecule has 0 amide bonds. The minimum atomic E-state index is -1.00. The van der Waals surface area contributed by atoms with E-state index in [1.165, 1.54) is 10.9 Å². The smallest absolute Gasteiger partial charge is 0.339 e. The molecule has 19 heavy (non-hydrogen) atoms. The molecule has 6 heteroatoms. The first-order chi connectivity index (χ1) is 8.99. The number of aromatic nitrogens is 2. The van der Waals surface area contributed by atoms with Gasteiger partial charge in [0.2, 0.25) is 0 Å². The number of aryl methyl sites for hydroxylation is 2. The fourth-order valence-corrected chi connectivity index (χ4v) is 1.92. The molecule has 0 saturated carbocycles. The standard InChI is InChI=1S/C13H13BrN2O3/c1-8-5-9(3-4-11(8)14)19-7-12-10(13(17)18)6-15-16(12)2/h3-6H,7H2,1-2H3,(H,17,18). The van der Waals surface area contributed by atoms with Gasteiger partial charge in [-0.1, -0.05) is 15.9 Å². The number of ether oxygens (including phenoxy) is 1. The highest BCUT2D eigenvalue weighted by molar-refractivity contribution is 9.10. The topological polar surface area (TPSA) is 64.3 Å². The Hall–Kier alpha value is -1.82. The number of hydrogen-bond acceptors (Lipinski definition) is 3. The average Bonchev–Trinajstić information content (AvgIpc) is 2.72. The zero-order valence-corrected chi connectivity index (χ0v) is 12.1. The molecule has 0 aliphatic heterocycles. The predicted octanol–water partition coefficient (Wildman–Crippen LogP) is 2.77. The monoisotopic (exact) mass is 324 g/mol. The molecule has 0 unspecified atom stereocenters. The Balaban J connectivity index is 2.16. The van der Waals surface area contributed by atoms with Gasteiger partial charge in [0.25, 0.3) is 0 Å². The van der Waals surface area contributed by atoms with Gasteiger partial charge < -0.3 is 9.84 Å². The van der Waals surface area contributed by atoms with Crippen LogP contribution in [-0.4, -0.2) is 20.9 Å². The minimum Gasteiger partial charge on any atom is -0.487 e. The quantitative estimate of drug-likeness (QED) is 0.939. The normalized spacial score (nSPS) is 10.5. The number of carboxylic acids is 1. The van der Waals surface area contributed by atoms with Gasteiger partial charge >= 0.3 is 5.97 Å². The molecule has 0 saturated heterocycles. The third-order valence-electron chi connectivity index (χ3n) is 2.80.